The predicted octanol–water partition coefficient (Wildman–Crippen LogP) is 6.55. The molecular weight excluding hydrogens is 657 g/mol. The minimum atomic E-state index is -4.34. The van der Waals surface area contributed by atoms with E-state index in [1.807, 2.05) is 37.3 Å². The van der Waals surface area contributed by atoms with Crippen molar-refractivity contribution >= 4 is 62.3 Å². The maximum Gasteiger partial charge on any atom is 0.264 e. The lowest BCUT2D eigenvalue weighted by Gasteiger charge is -2.34. The number of nitrogens with one attached hydrogen (secondary N) is 1. The van der Waals surface area contributed by atoms with E-state index in [0.717, 1.165) is 15.4 Å². The molecular formula is C33H32Cl3N3O5S. The lowest BCUT2D eigenvalue weighted by atomic mass is 10.0. The van der Waals surface area contributed by atoms with Crippen LogP contribution in [0.5, 0.6) is 5.75 Å². The molecule has 0 heterocycles. The molecule has 0 fully saturated rings. The molecule has 0 unspecified atom stereocenters. The molecule has 4 rings (SSSR count). The second kappa shape index (κ2) is 15.0. The van der Waals surface area contributed by atoms with Gasteiger partial charge in [0.15, 0.2) is 0 Å². The largest absolute Gasteiger partial charge is 0.495 e. The Balaban J connectivity index is 1.86. The second-order valence-electron chi connectivity index (χ2n) is 10.2. The quantitative estimate of drug-likeness (QED) is 0.182. The summed E-state index contributed by atoms with van der Waals surface area (Å²) in [6, 6.07) is 23.8. The van der Waals surface area contributed by atoms with E-state index < -0.39 is 34.4 Å². The molecule has 1 N–H and O–H groups in total. The van der Waals surface area contributed by atoms with Crippen LogP contribution in [0.1, 0.15) is 16.7 Å². The van der Waals surface area contributed by atoms with Crippen LogP contribution in [0.25, 0.3) is 0 Å². The fraction of sp³-hybridized carbons (Fsp3) is 0.212. The predicted molar refractivity (Wildman–Crippen MR) is 179 cm³/mol. The molecule has 0 bridgehead atoms. The summed E-state index contributed by atoms with van der Waals surface area (Å²) < 4.78 is 34.9. The molecule has 8 nitrogen and oxygen atoms in total. The number of carbonyl (C=O) groups excluding carboxylic acids is 2. The van der Waals surface area contributed by atoms with Crippen molar-refractivity contribution < 1.29 is 22.7 Å². The number of likely N-dealkylation sites (N-methyl/N-ethyl adjacent to an activating group) is 1. The van der Waals surface area contributed by atoms with Gasteiger partial charge in [-0.05, 0) is 60.5 Å². The third kappa shape index (κ3) is 8.29. The summed E-state index contributed by atoms with van der Waals surface area (Å²) in [6.45, 7) is 1.05. The number of hydrogen-bond donors (Lipinski definition) is 1. The SMILES string of the molecule is CNC(=O)[C@H](Cc1ccccc1)N(Cc1ccc(Cl)cc1Cl)C(=O)CN(c1cc(Cl)ccc1OC)S(=O)(=O)c1ccc(C)cc1. The zero-order valence-corrected chi connectivity index (χ0v) is 27.9. The molecule has 45 heavy (non-hydrogen) atoms. The lowest BCUT2D eigenvalue weighted by molar-refractivity contribution is -0.139. The Kier molecular flexibility index (Phi) is 11.4. The highest BCUT2D eigenvalue weighted by Gasteiger charge is 2.35. The zero-order chi connectivity index (χ0) is 32.7. The van der Waals surface area contributed by atoms with E-state index in [0.29, 0.717) is 10.6 Å². The molecule has 12 heteroatoms. The Labute approximate surface area is 278 Å². The molecule has 0 radical (unpaired) electrons. The van der Waals surface area contributed by atoms with Crippen molar-refractivity contribution in [1.29, 1.82) is 0 Å². The van der Waals surface area contributed by atoms with Crippen LogP contribution < -0.4 is 14.4 Å². The van der Waals surface area contributed by atoms with Gasteiger partial charge in [-0.15, -0.1) is 0 Å². The summed E-state index contributed by atoms with van der Waals surface area (Å²) in [6.07, 6.45) is 0.155. The van der Waals surface area contributed by atoms with Gasteiger partial charge in [-0.3, -0.25) is 13.9 Å². The number of ether oxygens (including phenoxy) is 1. The van der Waals surface area contributed by atoms with Crippen LogP contribution in [-0.4, -0.2) is 51.9 Å². The van der Waals surface area contributed by atoms with Gasteiger partial charge < -0.3 is 15.0 Å². The van der Waals surface area contributed by atoms with Gasteiger partial charge in [-0.1, -0.05) is 88.9 Å². The smallest absolute Gasteiger partial charge is 0.264 e. The number of methoxy groups -OCH3 is 1. The third-order valence-corrected chi connectivity index (χ3v) is 9.77. The molecule has 0 saturated carbocycles. The highest BCUT2D eigenvalue weighted by molar-refractivity contribution is 7.92. The fourth-order valence-corrected chi connectivity index (χ4v) is 6.81. The number of hydrogen-bond acceptors (Lipinski definition) is 5. The van der Waals surface area contributed by atoms with Crippen molar-refractivity contribution in [2.75, 3.05) is 25.0 Å². The van der Waals surface area contributed by atoms with Gasteiger partial charge in [0.05, 0.1) is 17.7 Å². The first-order valence-electron chi connectivity index (χ1n) is 13.9. The van der Waals surface area contributed by atoms with Gasteiger partial charge in [0, 0.05) is 35.1 Å². The molecule has 0 aliphatic carbocycles. The van der Waals surface area contributed by atoms with E-state index in [2.05, 4.69) is 5.32 Å². The number of amides is 2. The molecule has 0 saturated heterocycles. The average Bonchev–Trinajstić information content (AvgIpc) is 3.02. The number of anilines is 1. The summed E-state index contributed by atoms with van der Waals surface area (Å²) in [5.41, 5.74) is 2.23. The topological polar surface area (TPSA) is 96.0 Å². The molecule has 0 spiro atoms. The Morgan fingerprint density at radius 1 is 0.889 bits per heavy atom. The van der Waals surface area contributed by atoms with Gasteiger partial charge in [0.25, 0.3) is 10.0 Å². The van der Waals surface area contributed by atoms with E-state index in [1.165, 1.54) is 49.4 Å². The molecule has 236 valence electrons. The first-order valence-corrected chi connectivity index (χ1v) is 16.4. The van der Waals surface area contributed by atoms with Gasteiger partial charge in [-0.2, -0.15) is 0 Å². The van der Waals surface area contributed by atoms with Crippen LogP contribution in [0, 0.1) is 6.92 Å². The number of halogens is 3. The van der Waals surface area contributed by atoms with Crippen LogP contribution >= 0.6 is 34.8 Å². The molecule has 1 atom stereocenters. The van der Waals surface area contributed by atoms with Gasteiger partial charge in [-0.25, -0.2) is 8.42 Å². The van der Waals surface area contributed by atoms with E-state index >= 15 is 0 Å². The number of nitrogens with zero attached hydrogens (tertiary/aromatic N) is 2. The van der Waals surface area contributed by atoms with Crippen molar-refractivity contribution in [1.82, 2.24) is 10.2 Å². The standard InChI is InChI=1S/C33H32Cl3N3O5S/c1-22-9-14-27(15-10-22)45(42,43)39(29-19-26(35)13-16-31(29)44-3)21-32(40)38(20-24-11-12-25(34)18-28(24)36)30(33(41)37-2)17-23-7-5-4-6-8-23/h4-16,18-19,30H,17,20-21H2,1-3H3,(H,37,41)/t30-/m0/s1. The van der Waals surface area contributed by atoms with E-state index in [9.17, 15) is 18.0 Å². The number of benzene rings is 4. The summed E-state index contributed by atoms with van der Waals surface area (Å²) >= 11 is 19.0. The van der Waals surface area contributed by atoms with Crippen molar-refractivity contribution in [3.8, 4) is 5.75 Å². The number of carbonyl (C=O) groups is 2. The van der Waals surface area contributed by atoms with Gasteiger partial charge in [0.1, 0.15) is 18.3 Å². The lowest BCUT2D eigenvalue weighted by Crippen LogP contribution is -2.53. The van der Waals surface area contributed by atoms with Crippen LogP contribution in [0.2, 0.25) is 15.1 Å². The monoisotopic (exact) mass is 687 g/mol. The van der Waals surface area contributed by atoms with Crippen molar-refractivity contribution in [2.24, 2.45) is 0 Å². The Morgan fingerprint density at radius 2 is 1.53 bits per heavy atom. The van der Waals surface area contributed by atoms with Gasteiger partial charge in [0.2, 0.25) is 11.8 Å². The second-order valence-corrected chi connectivity index (χ2v) is 13.4. The highest BCUT2D eigenvalue weighted by Crippen LogP contribution is 2.35. The Bertz CT molecular complexity index is 1770. The molecule has 0 aliphatic rings. The maximum absolute atomic E-state index is 14.5. The van der Waals surface area contributed by atoms with Crippen molar-refractivity contribution in [3.63, 3.8) is 0 Å². The first kappa shape index (κ1) is 34.1. The van der Waals surface area contributed by atoms with E-state index in [4.69, 9.17) is 39.5 Å². The summed E-state index contributed by atoms with van der Waals surface area (Å²) in [7, 11) is -1.48. The fourth-order valence-electron chi connectivity index (χ4n) is 4.76. The first-order chi connectivity index (χ1) is 21.4. The van der Waals surface area contributed by atoms with Crippen LogP contribution in [0.3, 0.4) is 0 Å². The summed E-state index contributed by atoms with van der Waals surface area (Å²) in [5.74, 6) is -0.920. The van der Waals surface area contributed by atoms with Crippen molar-refractivity contribution in [2.45, 2.75) is 30.8 Å². The summed E-state index contributed by atoms with van der Waals surface area (Å²) in [4.78, 5) is 29.2. The zero-order valence-electron chi connectivity index (χ0n) is 24.8. The van der Waals surface area contributed by atoms with Crippen molar-refractivity contribution in [3.05, 3.63) is 123 Å². The Hall–Kier alpha value is -3.76. The molecule has 0 aromatic heterocycles. The normalized spacial score (nSPS) is 11.9. The molecule has 2 amide bonds. The minimum Gasteiger partial charge on any atom is -0.495 e. The number of rotatable bonds is 12. The minimum absolute atomic E-state index is 0.0395. The maximum atomic E-state index is 14.5. The summed E-state index contributed by atoms with van der Waals surface area (Å²) in [5, 5.41) is 3.57. The van der Waals surface area contributed by atoms with E-state index in [-0.39, 0.29) is 39.3 Å². The number of sulfonamides is 1. The van der Waals surface area contributed by atoms with Gasteiger partial charge >= 0.3 is 0 Å². The highest BCUT2D eigenvalue weighted by atomic mass is 35.5. The van der Waals surface area contributed by atoms with Crippen LogP contribution in [0.15, 0.2) is 95.9 Å². The molecule has 4 aromatic rings. The van der Waals surface area contributed by atoms with Crippen LogP contribution in [-0.2, 0) is 32.6 Å². The number of aryl methyl sites for hydroxylation is 1. The Morgan fingerprint density at radius 3 is 2.16 bits per heavy atom. The van der Waals surface area contributed by atoms with E-state index in [1.54, 1.807) is 30.3 Å². The average molecular weight is 689 g/mol. The molecule has 4 aromatic carbocycles. The van der Waals surface area contributed by atoms with Crippen LogP contribution in [0.4, 0.5) is 5.69 Å². The third-order valence-electron chi connectivity index (χ3n) is 7.17. The molecule has 0 aliphatic heterocycles.